The Hall–Kier alpha value is -1.69. The van der Waals surface area contributed by atoms with E-state index in [1.807, 2.05) is 0 Å². The van der Waals surface area contributed by atoms with Crippen LogP contribution in [-0.4, -0.2) is 33.1 Å². The summed E-state index contributed by atoms with van der Waals surface area (Å²) in [6.45, 7) is 1.76. The highest BCUT2D eigenvalue weighted by Crippen LogP contribution is 2.21. The lowest BCUT2D eigenvalue weighted by atomic mass is 9.95. The molecule has 0 radical (unpaired) electrons. The Morgan fingerprint density at radius 1 is 1.33 bits per heavy atom. The fourth-order valence-corrected chi connectivity index (χ4v) is 2.38. The maximum Gasteiger partial charge on any atom is 0.183 e. The topological polar surface area (TPSA) is 89.7 Å². The highest BCUT2D eigenvalue weighted by atomic mass is 16.5. The summed E-state index contributed by atoms with van der Waals surface area (Å²) in [5.74, 6) is 2.00. The third kappa shape index (κ3) is 2.28. The molecule has 0 aromatic carbocycles. The maximum absolute atomic E-state index is 5.87. The van der Waals surface area contributed by atoms with Gasteiger partial charge in [-0.1, -0.05) is 0 Å². The molecule has 0 saturated carbocycles. The number of H-pyrrole nitrogens is 1. The summed E-state index contributed by atoms with van der Waals surface area (Å²) in [6.07, 6.45) is 5.83. The Labute approximate surface area is 105 Å². The number of hydrogen-bond acceptors (Lipinski definition) is 5. The number of imidazole rings is 1. The van der Waals surface area contributed by atoms with Gasteiger partial charge < -0.3 is 15.5 Å². The molecule has 2 aromatic heterocycles. The normalized spacial score (nSPS) is 17.3. The summed E-state index contributed by atoms with van der Waals surface area (Å²) >= 11 is 0. The van der Waals surface area contributed by atoms with E-state index in [-0.39, 0.29) is 0 Å². The summed E-state index contributed by atoms with van der Waals surface area (Å²) in [5, 5.41) is 0. The molecule has 1 aliphatic heterocycles. The minimum Gasteiger partial charge on any atom is -0.382 e. The zero-order valence-electron chi connectivity index (χ0n) is 10.2. The second kappa shape index (κ2) is 4.89. The van der Waals surface area contributed by atoms with Gasteiger partial charge in [-0.25, -0.2) is 15.0 Å². The van der Waals surface area contributed by atoms with E-state index in [1.54, 1.807) is 6.33 Å². The van der Waals surface area contributed by atoms with Crippen molar-refractivity contribution >= 4 is 17.0 Å². The van der Waals surface area contributed by atoms with E-state index in [0.717, 1.165) is 56.2 Å². The molecule has 0 spiro atoms. The fraction of sp³-hybridized carbons (Fsp3) is 0.583. The van der Waals surface area contributed by atoms with Crippen LogP contribution in [0.15, 0.2) is 6.33 Å². The van der Waals surface area contributed by atoms with Gasteiger partial charge in [-0.15, -0.1) is 0 Å². The lowest BCUT2D eigenvalue weighted by Gasteiger charge is -2.21. The highest BCUT2D eigenvalue weighted by Gasteiger charge is 2.15. The molecule has 3 heterocycles. The Balaban J connectivity index is 1.70. The van der Waals surface area contributed by atoms with Crippen molar-refractivity contribution in [3.63, 3.8) is 0 Å². The van der Waals surface area contributed by atoms with Gasteiger partial charge in [-0.2, -0.15) is 0 Å². The van der Waals surface area contributed by atoms with Crippen LogP contribution < -0.4 is 5.73 Å². The smallest absolute Gasteiger partial charge is 0.183 e. The molecule has 2 aromatic rings. The first-order valence-electron chi connectivity index (χ1n) is 6.36. The summed E-state index contributed by atoms with van der Waals surface area (Å²) in [4.78, 5) is 15.8. The van der Waals surface area contributed by atoms with E-state index in [0.29, 0.717) is 11.5 Å². The van der Waals surface area contributed by atoms with E-state index in [1.165, 1.54) is 0 Å². The van der Waals surface area contributed by atoms with Crippen LogP contribution >= 0.6 is 0 Å². The van der Waals surface area contributed by atoms with Gasteiger partial charge in [-0.05, 0) is 25.2 Å². The SMILES string of the molecule is Nc1nc(CCC2CCOCC2)nc2nc[nH]c12. The molecule has 0 amide bonds. The average molecular weight is 247 g/mol. The highest BCUT2D eigenvalue weighted by molar-refractivity contribution is 5.80. The van der Waals surface area contributed by atoms with Crippen LogP contribution in [0.5, 0.6) is 0 Å². The van der Waals surface area contributed by atoms with Crippen LogP contribution in [0.25, 0.3) is 11.2 Å². The van der Waals surface area contributed by atoms with Gasteiger partial charge in [0.05, 0.1) is 6.33 Å². The summed E-state index contributed by atoms with van der Waals surface area (Å²) in [7, 11) is 0. The van der Waals surface area contributed by atoms with Crippen molar-refractivity contribution in [3.05, 3.63) is 12.2 Å². The van der Waals surface area contributed by atoms with E-state index >= 15 is 0 Å². The second-order valence-corrected chi connectivity index (χ2v) is 4.72. The number of rotatable bonds is 3. The number of nitrogens with zero attached hydrogens (tertiary/aromatic N) is 3. The second-order valence-electron chi connectivity index (χ2n) is 4.72. The van der Waals surface area contributed by atoms with E-state index < -0.39 is 0 Å². The molecule has 1 saturated heterocycles. The first kappa shape index (κ1) is 11.4. The van der Waals surface area contributed by atoms with E-state index in [9.17, 15) is 0 Å². The van der Waals surface area contributed by atoms with Crippen molar-refractivity contribution in [1.29, 1.82) is 0 Å². The molecule has 1 aliphatic rings. The zero-order chi connectivity index (χ0) is 12.4. The first-order valence-corrected chi connectivity index (χ1v) is 6.36. The predicted octanol–water partition coefficient (Wildman–Crippen LogP) is 1.29. The molecule has 0 bridgehead atoms. The number of fused-ring (bicyclic) bond motifs is 1. The molecular weight excluding hydrogens is 230 g/mol. The minimum atomic E-state index is 0.486. The summed E-state index contributed by atoms with van der Waals surface area (Å²) < 4.78 is 5.35. The third-order valence-corrected chi connectivity index (χ3v) is 3.48. The Morgan fingerprint density at radius 3 is 3.00 bits per heavy atom. The lowest BCUT2D eigenvalue weighted by Crippen LogP contribution is -2.16. The molecule has 0 aliphatic carbocycles. The van der Waals surface area contributed by atoms with Crippen molar-refractivity contribution < 1.29 is 4.74 Å². The molecule has 0 atom stereocenters. The molecule has 18 heavy (non-hydrogen) atoms. The molecule has 6 nitrogen and oxygen atoms in total. The summed E-state index contributed by atoms with van der Waals surface area (Å²) in [6, 6.07) is 0. The van der Waals surface area contributed by atoms with Crippen LogP contribution in [0.4, 0.5) is 5.82 Å². The fourth-order valence-electron chi connectivity index (χ4n) is 2.38. The molecule has 1 fully saturated rings. The number of aryl methyl sites for hydroxylation is 1. The van der Waals surface area contributed by atoms with Gasteiger partial charge in [0.2, 0.25) is 0 Å². The molecule has 96 valence electrons. The number of hydrogen-bond donors (Lipinski definition) is 2. The molecular formula is C12H17N5O. The van der Waals surface area contributed by atoms with Gasteiger partial charge in [-0.3, -0.25) is 0 Å². The van der Waals surface area contributed by atoms with Crippen LogP contribution in [0.3, 0.4) is 0 Å². The van der Waals surface area contributed by atoms with Crippen LogP contribution in [0, 0.1) is 5.92 Å². The van der Waals surface area contributed by atoms with Gasteiger partial charge in [0.25, 0.3) is 0 Å². The molecule has 6 heteroatoms. The largest absolute Gasteiger partial charge is 0.382 e. The summed E-state index contributed by atoms with van der Waals surface area (Å²) in [5.41, 5.74) is 7.25. The molecule has 3 N–H and O–H groups in total. The standard InChI is InChI=1S/C12H17N5O/c13-11-10-12(15-7-14-10)17-9(16-11)2-1-8-3-5-18-6-4-8/h7-8H,1-6H2,(H3,13,14,15,16,17). The van der Waals surface area contributed by atoms with E-state index in [4.69, 9.17) is 10.5 Å². The lowest BCUT2D eigenvalue weighted by molar-refractivity contribution is 0.0639. The predicted molar refractivity (Wildman–Crippen MR) is 68.0 cm³/mol. The quantitative estimate of drug-likeness (QED) is 0.853. The van der Waals surface area contributed by atoms with Gasteiger partial charge in [0.1, 0.15) is 11.3 Å². The third-order valence-electron chi connectivity index (χ3n) is 3.48. The van der Waals surface area contributed by atoms with E-state index in [2.05, 4.69) is 19.9 Å². The van der Waals surface area contributed by atoms with Crippen LogP contribution in [-0.2, 0) is 11.2 Å². The van der Waals surface area contributed by atoms with Gasteiger partial charge >= 0.3 is 0 Å². The average Bonchev–Trinajstić information content (AvgIpc) is 2.86. The van der Waals surface area contributed by atoms with Crippen LogP contribution in [0.2, 0.25) is 0 Å². The van der Waals surface area contributed by atoms with Crippen molar-refractivity contribution in [2.45, 2.75) is 25.7 Å². The Morgan fingerprint density at radius 2 is 2.17 bits per heavy atom. The van der Waals surface area contributed by atoms with Gasteiger partial charge in [0, 0.05) is 19.6 Å². The van der Waals surface area contributed by atoms with Crippen molar-refractivity contribution in [2.24, 2.45) is 5.92 Å². The number of anilines is 1. The Kier molecular flexibility index (Phi) is 3.10. The monoisotopic (exact) mass is 247 g/mol. The van der Waals surface area contributed by atoms with Crippen LogP contribution in [0.1, 0.15) is 25.1 Å². The number of ether oxygens (including phenoxy) is 1. The number of nitrogens with one attached hydrogen (secondary N) is 1. The van der Waals surface area contributed by atoms with Crippen molar-refractivity contribution in [2.75, 3.05) is 18.9 Å². The number of aromatic nitrogens is 4. The number of nitrogens with two attached hydrogens (primary N) is 1. The van der Waals surface area contributed by atoms with Crippen molar-refractivity contribution in [3.8, 4) is 0 Å². The number of aromatic amines is 1. The zero-order valence-corrected chi connectivity index (χ0v) is 10.2. The minimum absolute atomic E-state index is 0.486. The van der Waals surface area contributed by atoms with Gasteiger partial charge in [0.15, 0.2) is 11.5 Å². The first-order chi connectivity index (χ1) is 8.83. The number of nitrogen functional groups attached to an aromatic ring is 1. The van der Waals surface area contributed by atoms with Crippen molar-refractivity contribution in [1.82, 2.24) is 19.9 Å². The Bertz CT molecular complexity index is 532. The maximum atomic E-state index is 5.87. The molecule has 3 rings (SSSR count). The molecule has 0 unspecified atom stereocenters.